The molecule has 0 aromatic rings. The molecule has 106 valence electrons. The number of hydrogen-bond donors (Lipinski definition) is 0. The van der Waals surface area contributed by atoms with Gasteiger partial charge in [0.1, 0.15) is 6.10 Å². The van der Waals surface area contributed by atoms with Crippen molar-refractivity contribution in [2.24, 2.45) is 5.92 Å². The first-order chi connectivity index (χ1) is 7.94. The molecule has 0 unspecified atom stereocenters. The highest BCUT2D eigenvalue weighted by Gasteiger charge is 2.41. The highest BCUT2D eigenvalue weighted by molar-refractivity contribution is 14.1. The zero-order valence-electron chi connectivity index (χ0n) is 12.9. The molecule has 0 rings (SSSR count). The van der Waals surface area contributed by atoms with E-state index in [0.29, 0.717) is 0 Å². The standard InChI is InChI=1S/C14H27IO2Si/c1-9-12(15)10(2)13(11(3)16)17-18(7,8)14(4,5)6/h9-10,13H,1-8H3/t10-,13+/m1/s1. The van der Waals surface area contributed by atoms with Crippen molar-refractivity contribution in [3.63, 3.8) is 0 Å². The van der Waals surface area contributed by atoms with Gasteiger partial charge >= 0.3 is 0 Å². The summed E-state index contributed by atoms with van der Waals surface area (Å²) in [6.07, 6.45) is 1.74. The van der Waals surface area contributed by atoms with Crippen LogP contribution in [0.1, 0.15) is 41.5 Å². The number of halogens is 1. The maximum absolute atomic E-state index is 11.9. The average Bonchev–Trinajstić information content (AvgIpc) is 2.21. The number of allylic oxidation sites excluding steroid dienone is 1. The van der Waals surface area contributed by atoms with Crippen LogP contribution in [0.3, 0.4) is 0 Å². The zero-order chi connectivity index (χ0) is 14.7. The summed E-state index contributed by atoms with van der Waals surface area (Å²) >= 11 is 2.30. The Morgan fingerprint density at radius 1 is 1.33 bits per heavy atom. The van der Waals surface area contributed by atoms with E-state index >= 15 is 0 Å². The van der Waals surface area contributed by atoms with E-state index < -0.39 is 8.32 Å². The minimum Gasteiger partial charge on any atom is -0.406 e. The van der Waals surface area contributed by atoms with Crippen LogP contribution in [0.4, 0.5) is 0 Å². The van der Waals surface area contributed by atoms with Crippen molar-refractivity contribution in [1.29, 1.82) is 0 Å². The maximum atomic E-state index is 11.9. The first-order valence-electron chi connectivity index (χ1n) is 6.44. The van der Waals surface area contributed by atoms with Crippen molar-refractivity contribution in [2.75, 3.05) is 0 Å². The highest BCUT2D eigenvalue weighted by Crippen LogP contribution is 2.39. The van der Waals surface area contributed by atoms with Crippen LogP contribution in [-0.4, -0.2) is 20.2 Å². The van der Waals surface area contributed by atoms with Crippen LogP contribution in [-0.2, 0) is 9.22 Å². The van der Waals surface area contributed by atoms with E-state index in [1.54, 1.807) is 6.92 Å². The monoisotopic (exact) mass is 382 g/mol. The second kappa shape index (κ2) is 6.66. The fourth-order valence-corrected chi connectivity index (χ4v) is 3.12. The smallest absolute Gasteiger partial charge is 0.193 e. The van der Waals surface area contributed by atoms with Gasteiger partial charge in [0.15, 0.2) is 14.1 Å². The largest absolute Gasteiger partial charge is 0.406 e. The topological polar surface area (TPSA) is 26.3 Å². The summed E-state index contributed by atoms with van der Waals surface area (Å²) in [5, 5.41) is 0.127. The van der Waals surface area contributed by atoms with Crippen LogP contribution in [0, 0.1) is 5.92 Å². The lowest BCUT2D eigenvalue weighted by Crippen LogP contribution is -2.47. The number of ketones is 1. The molecule has 2 nitrogen and oxygen atoms in total. The summed E-state index contributed by atoms with van der Waals surface area (Å²) in [6.45, 7) is 16.7. The minimum absolute atomic E-state index is 0.127. The molecule has 0 N–H and O–H groups in total. The molecule has 0 bridgehead atoms. The summed E-state index contributed by atoms with van der Waals surface area (Å²) in [7, 11) is -1.90. The van der Waals surface area contributed by atoms with Crippen molar-refractivity contribution in [3.05, 3.63) is 9.66 Å². The third-order valence-corrected chi connectivity index (χ3v) is 9.85. The third kappa shape index (κ3) is 4.77. The average molecular weight is 382 g/mol. The predicted octanol–water partition coefficient (Wildman–Crippen LogP) is 4.94. The molecule has 0 spiro atoms. The van der Waals surface area contributed by atoms with E-state index in [1.165, 1.54) is 3.58 Å². The zero-order valence-corrected chi connectivity index (χ0v) is 16.1. The number of carbonyl (C=O) groups excluding carboxylic acids is 1. The molecule has 0 saturated carbocycles. The molecular weight excluding hydrogens is 355 g/mol. The Labute approximate surface area is 127 Å². The van der Waals surface area contributed by atoms with Gasteiger partial charge in [0.05, 0.1) is 0 Å². The predicted molar refractivity (Wildman–Crippen MR) is 89.7 cm³/mol. The Hall–Kier alpha value is 0.317. The Kier molecular flexibility index (Phi) is 6.77. The van der Waals surface area contributed by atoms with Crippen LogP contribution >= 0.6 is 22.6 Å². The molecule has 18 heavy (non-hydrogen) atoms. The minimum atomic E-state index is -1.90. The lowest BCUT2D eigenvalue weighted by Gasteiger charge is -2.40. The maximum Gasteiger partial charge on any atom is 0.193 e. The van der Waals surface area contributed by atoms with Gasteiger partial charge in [-0.05, 0) is 58.2 Å². The van der Waals surface area contributed by atoms with E-state index in [4.69, 9.17) is 4.43 Å². The van der Waals surface area contributed by atoms with Crippen LogP contribution in [0.5, 0.6) is 0 Å². The Bertz CT molecular complexity index is 329. The quantitative estimate of drug-likeness (QED) is 0.497. The van der Waals surface area contributed by atoms with Gasteiger partial charge in [-0.25, -0.2) is 0 Å². The van der Waals surface area contributed by atoms with E-state index in [9.17, 15) is 4.79 Å². The fraction of sp³-hybridized carbons (Fsp3) is 0.786. The molecule has 0 aromatic heterocycles. The first-order valence-corrected chi connectivity index (χ1v) is 10.4. The first kappa shape index (κ1) is 18.3. The molecule has 0 aliphatic rings. The van der Waals surface area contributed by atoms with Gasteiger partial charge in [0, 0.05) is 5.92 Å². The van der Waals surface area contributed by atoms with Gasteiger partial charge in [-0.2, -0.15) is 0 Å². The van der Waals surface area contributed by atoms with Gasteiger partial charge in [-0.15, -0.1) is 0 Å². The molecule has 0 aliphatic heterocycles. The molecule has 0 heterocycles. The lowest BCUT2D eigenvalue weighted by molar-refractivity contribution is -0.125. The highest BCUT2D eigenvalue weighted by atomic mass is 127. The van der Waals surface area contributed by atoms with Crippen LogP contribution in [0.15, 0.2) is 9.66 Å². The van der Waals surface area contributed by atoms with E-state index in [0.717, 1.165) is 0 Å². The number of Topliss-reactive ketones (excluding diaryl/α,β-unsaturated/α-hetero) is 1. The van der Waals surface area contributed by atoms with Crippen molar-refractivity contribution in [1.82, 2.24) is 0 Å². The van der Waals surface area contributed by atoms with Gasteiger partial charge in [-0.3, -0.25) is 4.79 Å². The summed E-state index contributed by atoms with van der Waals surface area (Å²) in [5.41, 5.74) is 0. The molecule has 0 aliphatic carbocycles. The van der Waals surface area contributed by atoms with Crippen LogP contribution in [0.25, 0.3) is 0 Å². The molecule has 2 atom stereocenters. The summed E-state index contributed by atoms with van der Waals surface area (Å²) in [4.78, 5) is 11.9. The van der Waals surface area contributed by atoms with Crippen LogP contribution in [0.2, 0.25) is 18.1 Å². The van der Waals surface area contributed by atoms with Crippen molar-refractivity contribution in [3.8, 4) is 0 Å². The van der Waals surface area contributed by atoms with Crippen LogP contribution < -0.4 is 0 Å². The van der Waals surface area contributed by atoms with E-state index in [-0.39, 0.29) is 22.8 Å². The number of hydrogen-bond acceptors (Lipinski definition) is 2. The number of rotatable bonds is 5. The van der Waals surface area contributed by atoms with Gasteiger partial charge < -0.3 is 4.43 Å². The Morgan fingerprint density at radius 2 is 1.78 bits per heavy atom. The Morgan fingerprint density at radius 3 is 2.06 bits per heavy atom. The third-order valence-electron chi connectivity index (χ3n) is 3.79. The molecule has 0 radical (unpaired) electrons. The van der Waals surface area contributed by atoms with Gasteiger partial charge in [0.25, 0.3) is 0 Å². The molecule has 0 amide bonds. The summed E-state index contributed by atoms with van der Waals surface area (Å²) in [5.74, 6) is 0.269. The number of carbonyl (C=O) groups is 1. The molecule has 4 heteroatoms. The normalized spacial score (nSPS) is 17.5. The van der Waals surface area contributed by atoms with Crippen molar-refractivity contribution < 1.29 is 9.22 Å². The van der Waals surface area contributed by atoms with Crippen molar-refractivity contribution in [2.45, 2.75) is 65.8 Å². The van der Waals surface area contributed by atoms with Gasteiger partial charge in [-0.1, -0.05) is 33.8 Å². The second-order valence-corrected chi connectivity index (χ2v) is 12.4. The summed E-state index contributed by atoms with van der Waals surface area (Å²) < 4.78 is 7.48. The summed E-state index contributed by atoms with van der Waals surface area (Å²) in [6, 6.07) is 0. The molecule has 0 saturated heterocycles. The lowest BCUT2D eigenvalue weighted by atomic mass is 10.0. The fourth-order valence-electron chi connectivity index (χ4n) is 1.44. The van der Waals surface area contributed by atoms with Gasteiger partial charge in [0.2, 0.25) is 0 Å². The van der Waals surface area contributed by atoms with E-state index in [1.807, 2.05) is 6.92 Å². The molecule has 0 aromatic carbocycles. The molecular formula is C14H27IO2Si. The molecule has 0 fully saturated rings. The second-order valence-electron chi connectivity index (χ2n) is 6.37. The Balaban J connectivity index is 5.14. The SMILES string of the molecule is CC=C(I)[C@@H](C)[C@H](O[Si](C)(C)C(C)(C)C)C(C)=O. The van der Waals surface area contributed by atoms with E-state index in [2.05, 4.69) is 69.5 Å². The van der Waals surface area contributed by atoms with Crippen molar-refractivity contribution >= 4 is 36.7 Å².